The predicted molar refractivity (Wildman–Crippen MR) is 61.2 cm³/mol. The predicted octanol–water partition coefficient (Wildman–Crippen LogP) is 2.12. The average Bonchev–Trinajstić information content (AvgIpc) is 2.90. The van der Waals surface area contributed by atoms with E-state index in [1.807, 2.05) is 17.0 Å². The molecule has 3 rings (SSSR count). The van der Waals surface area contributed by atoms with Crippen LogP contribution in [0.2, 0.25) is 0 Å². The molecule has 2 fully saturated rings. The van der Waals surface area contributed by atoms with Crippen LogP contribution in [0.3, 0.4) is 0 Å². The van der Waals surface area contributed by atoms with E-state index in [0.717, 1.165) is 21.6 Å². The molecule has 0 N–H and O–H groups in total. The van der Waals surface area contributed by atoms with E-state index in [2.05, 4.69) is 15.9 Å². The Balaban J connectivity index is 1.81. The van der Waals surface area contributed by atoms with Gasteiger partial charge in [-0.25, -0.2) is 0 Å². The largest absolute Gasteiger partial charge is 0.374 e. The number of halogens is 1. The molecule has 0 unspecified atom stereocenters. The van der Waals surface area contributed by atoms with Crippen LogP contribution in [-0.4, -0.2) is 36.1 Å². The fourth-order valence-corrected chi connectivity index (χ4v) is 3.56. The van der Waals surface area contributed by atoms with Gasteiger partial charge in [-0.05, 0) is 34.5 Å². The number of carbonyl (C=O) groups is 1. The molecule has 0 radical (unpaired) electrons. The Morgan fingerprint density at radius 2 is 2.47 bits per heavy atom. The van der Waals surface area contributed by atoms with Crippen LogP contribution in [0.25, 0.3) is 0 Å². The van der Waals surface area contributed by atoms with Crippen LogP contribution in [0.15, 0.2) is 15.9 Å². The summed E-state index contributed by atoms with van der Waals surface area (Å²) < 4.78 is 6.48. The highest BCUT2D eigenvalue weighted by Gasteiger charge is 2.41. The lowest BCUT2D eigenvalue weighted by Crippen LogP contribution is -2.41. The van der Waals surface area contributed by atoms with Crippen molar-refractivity contribution in [1.82, 2.24) is 4.90 Å². The van der Waals surface area contributed by atoms with Gasteiger partial charge in [-0.3, -0.25) is 4.79 Å². The molecule has 15 heavy (non-hydrogen) atoms. The Morgan fingerprint density at radius 1 is 1.60 bits per heavy atom. The van der Waals surface area contributed by atoms with E-state index in [1.54, 1.807) is 0 Å². The van der Waals surface area contributed by atoms with Gasteiger partial charge in [0.15, 0.2) is 0 Å². The van der Waals surface area contributed by atoms with Crippen LogP contribution < -0.4 is 0 Å². The van der Waals surface area contributed by atoms with Gasteiger partial charge in [-0.2, -0.15) is 0 Å². The Kier molecular flexibility index (Phi) is 2.34. The van der Waals surface area contributed by atoms with Crippen LogP contribution >= 0.6 is 27.3 Å². The van der Waals surface area contributed by atoms with E-state index in [4.69, 9.17) is 4.74 Å². The van der Waals surface area contributed by atoms with E-state index < -0.39 is 0 Å². The highest BCUT2D eigenvalue weighted by atomic mass is 79.9. The van der Waals surface area contributed by atoms with Gasteiger partial charge >= 0.3 is 0 Å². The lowest BCUT2D eigenvalue weighted by atomic mass is 10.2. The number of nitrogens with zero attached hydrogens (tertiary/aromatic N) is 1. The number of hydrogen-bond acceptors (Lipinski definition) is 3. The minimum absolute atomic E-state index is 0.154. The first-order chi connectivity index (χ1) is 7.24. The van der Waals surface area contributed by atoms with E-state index in [9.17, 15) is 4.79 Å². The second-order valence-corrected chi connectivity index (χ2v) is 6.37. The van der Waals surface area contributed by atoms with Crippen LogP contribution in [0.4, 0.5) is 0 Å². The first kappa shape index (κ1) is 9.81. The second kappa shape index (κ2) is 3.57. The molecule has 2 aliphatic heterocycles. The Morgan fingerprint density at radius 3 is 3.00 bits per heavy atom. The maximum absolute atomic E-state index is 12.1. The van der Waals surface area contributed by atoms with E-state index in [1.165, 1.54) is 11.3 Å². The molecule has 80 valence electrons. The monoisotopic (exact) mass is 287 g/mol. The van der Waals surface area contributed by atoms with Crippen molar-refractivity contribution >= 4 is 33.2 Å². The number of ether oxygens (including phenoxy) is 1. The van der Waals surface area contributed by atoms with E-state index >= 15 is 0 Å². The Bertz CT molecular complexity index is 406. The number of morpholine rings is 1. The van der Waals surface area contributed by atoms with Crippen molar-refractivity contribution < 1.29 is 9.53 Å². The molecule has 3 nitrogen and oxygen atoms in total. The van der Waals surface area contributed by atoms with Crippen molar-refractivity contribution in [2.45, 2.75) is 18.6 Å². The third-order valence-electron chi connectivity index (χ3n) is 2.95. The third-order valence-corrected chi connectivity index (χ3v) is 4.56. The van der Waals surface area contributed by atoms with Crippen molar-refractivity contribution in [3.8, 4) is 0 Å². The number of rotatable bonds is 1. The number of likely N-dealkylation sites (tertiary alicyclic amines) is 1. The van der Waals surface area contributed by atoms with Gasteiger partial charge in [0.2, 0.25) is 0 Å². The summed E-state index contributed by atoms with van der Waals surface area (Å²) in [7, 11) is 0. The fourth-order valence-electron chi connectivity index (χ4n) is 2.22. The maximum atomic E-state index is 12.1. The zero-order valence-corrected chi connectivity index (χ0v) is 10.4. The highest BCUT2D eigenvalue weighted by Crippen LogP contribution is 2.31. The number of amides is 1. The van der Waals surface area contributed by atoms with Crippen molar-refractivity contribution in [1.29, 1.82) is 0 Å². The summed E-state index contributed by atoms with van der Waals surface area (Å²) in [5.74, 6) is 0.154. The summed E-state index contributed by atoms with van der Waals surface area (Å²) >= 11 is 4.87. The molecule has 0 aromatic carbocycles. The Hall–Kier alpha value is -0.390. The molecular formula is C10H10BrNO2S. The third kappa shape index (κ3) is 1.62. The SMILES string of the molecule is O=C(c1ccc(Br)s1)N1C[C@H]2C[C@H]1CO2. The highest BCUT2D eigenvalue weighted by molar-refractivity contribution is 9.11. The molecule has 0 saturated carbocycles. The van der Waals surface area contributed by atoms with Gasteiger partial charge in [-0.15, -0.1) is 11.3 Å². The van der Waals surface area contributed by atoms with Gasteiger partial charge in [0.1, 0.15) is 0 Å². The summed E-state index contributed by atoms with van der Waals surface area (Å²) in [5, 5.41) is 0. The summed E-state index contributed by atoms with van der Waals surface area (Å²) in [6.45, 7) is 1.47. The molecule has 2 aliphatic rings. The van der Waals surface area contributed by atoms with Crippen LogP contribution in [0.5, 0.6) is 0 Å². The van der Waals surface area contributed by atoms with E-state index in [0.29, 0.717) is 12.6 Å². The Labute approximate surface area is 100 Å². The summed E-state index contributed by atoms with van der Waals surface area (Å²) in [5.41, 5.74) is 0. The van der Waals surface area contributed by atoms with Gasteiger partial charge < -0.3 is 9.64 Å². The van der Waals surface area contributed by atoms with Gasteiger partial charge in [0, 0.05) is 6.54 Å². The fraction of sp³-hybridized carbons (Fsp3) is 0.500. The number of fused-ring (bicyclic) bond motifs is 2. The van der Waals surface area contributed by atoms with Crippen molar-refractivity contribution in [2.24, 2.45) is 0 Å². The minimum Gasteiger partial charge on any atom is -0.374 e. The summed E-state index contributed by atoms with van der Waals surface area (Å²) in [4.78, 5) is 14.9. The standard InChI is InChI=1S/C10H10BrNO2S/c11-9-2-1-8(15-9)10(13)12-4-7-3-6(12)5-14-7/h1-2,6-7H,3-5H2/t6-,7+/m0/s1. The molecule has 2 atom stereocenters. The van der Waals surface area contributed by atoms with E-state index in [-0.39, 0.29) is 12.0 Å². The first-order valence-corrected chi connectivity index (χ1v) is 6.53. The number of carbonyl (C=O) groups excluding carboxylic acids is 1. The molecule has 2 bridgehead atoms. The van der Waals surface area contributed by atoms with Crippen molar-refractivity contribution in [3.63, 3.8) is 0 Å². The molecule has 1 aromatic heterocycles. The topological polar surface area (TPSA) is 29.5 Å². The van der Waals surface area contributed by atoms with Crippen molar-refractivity contribution in [3.05, 3.63) is 20.8 Å². The van der Waals surface area contributed by atoms with Crippen LogP contribution in [0, 0.1) is 0 Å². The summed E-state index contributed by atoms with van der Waals surface area (Å²) in [6.07, 6.45) is 1.29. The zero-order valence-electron chi connectivity index (χ0n) is 7.98. The zero-order chi connectivity index (χ0) is 10.4. The van der Waals surface area contributed by atoms with Crippen LogP contribution in [0.1, 0.15) is 16.1 Å². The normalized spacial score (nSPS) is 28.7. The number of thiophene rings is 1. The smallest absolute Gasteiger partial charge is 0.264 e. The van der Waals surface area contributed by atoms with Gasteiger partial charge in [-0.1, -0.05) is 0 Å². The first-order valence-electron chi connectivity index (χ1n) is 4.92. The van der Waals surface area contributed by atoms with Gasteiger partial charge in [0.05, 0.1) is 27.4 Å². The molecular weight excluding hydrogens is 278 g/mol. The number of hydrogen-bond donors (Lipinski definition) is 0. The van der Waals surface area contributed by atoms with Gasteiger partial charge in [0.25, 0.3) is 5.91 Å². The molecule has 1 aromatic rings. The average molecular weight is 288 g/mol. The molecule has 1 amide bonds. The van der Waals surface area contributed by atoms with Crippen LogP contribution in [-0.2, 0) is 4.74 Å². The quantitative estimate of drug-likeness (QED) is 0.792. The lowest BCUT2D eigenvalue weighted by molar-refractivity contribution is 0.0262. The molecule has 0 aliphatic carbocycles. The van der Waals surface area contributed by atoms with Crippen molar-refractivity contribution in [2.75, 3.05) is 13.2 Å². The maximum Gasteiger partial charge on any atom is 0.264 e. The molecule has 3 heterocycles. The molecule has 2 saturated heterocycles. The molecule has 5 heteroatoms. The second-order valence-electron chi connectivity index (χ2n) is 3.91. The minimum atomic E-state index is 0.154. The summed E-state index contributed by atoms with van der Waals surface area (Å²) in [6, 6.07) is 4.11. The lowest BCUT2D eigenvalue weighted by Gasteiger charge is -2.26. The molecule has 0 spiro atoms.